The minimum Gasteiger partial charge on any atom is -0.370 e. The lowest BCUT2D eigenvalue weighted by Gasteiger charge is -2.43. The van der Waals surface area contributed by atoms with Crippen LogP contribution in [0.2, 0.25) is 0 Å². The van der Waals surface area contributed by atoms with Crippen LogP contribution in [0.4, 0.5) is 11.4 Å². The summed E-state index contributed by atoms with van der Waals surface area (Å²) in [6.45, 7) is 10.4. The van der Waals surface area contributed by atoms with Gasteiger partial charge in [-0.25, -0.2) is 0 Å². The largest absolute Gasteiger partial charge is 0.370 e. The minimum atomic E-state index is -0.431. The zero-order chi connectivity index (χ0) is 27.5. The molecule has 0 bridgehead atoms. The molecule has 3 saturated heterocycles. The average Bonchev–Trinajstić information content (AvgIpc) is 3.01. The third kappa shape index (κ3) is 5.23. The number of anilines is 2. The van der Waals surface area contributed by atoms with Crippen molar-refractivity contribution in [2.45, 2.75) is 37.4 Å². The molecule has 0 radical (unpaired) electrons. The van der Waals surface area contributed by atoms with E-state index in [4.69, 9.17) is 4.74 Å². The normalized spacial score (nSPS) is 23.5. The molecule has 2 aromatic carbocycles. The Labute approximate surface area is 238 Å². The van der Waals surface area contributed by atoms with Crippen molar-refractivity contribution in [3.8, 4) is 12.1 Å². The van der Waals surface area contributed by atoms with Crippen LogP contribution in [-0.2, 0) is 10.2 Å². The number of piperazine rings is 1. The number of nitrogens with zero attached hydrogens (tertiary/aromatic N) is 6. The summed E-state index contributed by atoms with van der Waals surface area (Å²) >= 11 is 0. The first-order valence-electron chi connectivity index (χ1n) is 14.5. The molecular weight excluding hydrogens is 498 g/mol. The highest BCUT2D eigenvalue weighted by Gasteiger charge is 2.38. The van der Waals surface area contributed by atoms with Gasteiger partial charge in [0.2, 0.25) is 0 Å². The highest BCUT2D eigenvalue weighted by Crippen LogP contribution is 2.36. The number of aromatic nitrogens is 1. The highest BCUT2D eigenvalue weighted by molar-refractivity contribution is 5.95. The van der Waals surface area contributed by atoms with Crippen LogP contribution >= 0.6 is 0 Å². The second-order valence-corrected chi connectivity index (χ2v) is 11.4. The Morgan fingerprint density at radius 1 is 1.00 bits per heavy atom. The van der Waals surface area contributed by atoms with Crippen LogP contribution in [-0.4, -0.2) is 81.0 Å². The summed E-state index contributed by atoms with van der Waals surface area (Å²) < 4.78 is 6.41. The smallest absolute Gasteiger partial charge is 0.101 e. The SMILES string of the molecule is C[C@@H]1CN(c2ccc(C#N)c3ncccc23)C[C@H](CN2CCC(C#N)(c3ccc(N4CCNCC4)cc3)CC2)O1.[HH]. The molecular formula is C32H39N7O. The van der Waals surface area contributed by atoms with Gasteiger partial charge in [0.05, 0.1) is 34.8 Å². The van der Waals surface area contributed by atoms with Gasteiger partial charge in [-0.3, -0.25) is 4.98 Å². The number of fused-ring (bicyclic) bond motifs is 1. The van der Waals surface area contributed by atoms with E-state index in [9.17, 15) is 10.5 Å². The fourth-order valence-electron chi connectivity index (χ4n) is 6.65. The predicted molar refractivity (Wildman–Crippen MR) is 160 cm³/mol. The van der Waals surface area contributed by atoms with E-state index in [0.717, 1.165) is 93.9 Å². The van der Waals surface area contributed by atoms with Gasteiger partial charge in [0.1, 0.15) is 6.07 Å². The van der Waals surface area contributed by atoms with Crippen LogP contribution in [0.25, 0.3) is 10.9 Å². The number of nitriles is 2. The van der Waals surface area contributed by atoms with Crippen LogP contribution in [0.5, 0.6) is 0 Å². The summed E-state index contributed by atoms with van der Waals surface area (Å²) in [6, 6.07) is 21.6. The molecule has 40 heavy (non-hydrogen) atoms. The first-order valence-corrected chi connectivity index (χ1v) is 14.5. The van der Waals surface area contributed by atoms with Gasteiger partial charge < -0.3 is 24.8 Å². The van der Waals surface area contributed by atoms with Crippen molar-refractivity contribution >= 4 is 22.3 Å². The number of morpholine rings is 1. The first kappa shape index (κ1) is 26.5. The number of hydrogen-bond donors (Lipinski definition) is 1. The van der Waals surface area contributed by atoms with Gasteiger partial charge in [-0.05, 0) is 61.7 Å². The topological polar surface area (TPSA) is 91.5 Å². The summed E-state index contributed by atoms with van der Waals surface area (Å²) in [4.78, 5) is 11.7. The summed E-state index contributed by atoms with van der Waals surface area (Å²) in [7, 11) is 0. The molecule has 8 heteroatoms. The summed E-state index contributed by atoms with van der Waals surface area (Å²) in [5, 5.41) is 24.3. The van der Waals surface area contributed by atoms with E-state index in [0.29, 0.717) is 5.56 Å². The second kappa shape index (κ2) is 11.4. The van der Waals surface area contributed by atoms with Crippen LogP contribution < -0.4 is 15.1 Å². The predicted octanol–water partition coefficient (Wildman–Crippen LogP) is 3.91. The lowest BCUT2D eigenvalue weighted by Crippen LogP contribution is -2.52. The van der Waals surface area contributed by atoms with Gasteiger partial charge in [-0.15, -0.1) is 0 Å². The number of piperidine rings is 1. The van der Waals surface area contributed by atoms with Crippen molar-refractivity contribution in [2.75, 3.05) is 68.7 Å². The lowest BCUT2D eigenvalue weighted by molar-refractivity contribution is -0.0360. The quantitative estimate of drug-likeness (QED) is 0.524. The van der Waals surface area contributed by atoms with E-state index in [1.807, 2.05) is 18.2 Å². The first-order chi connectivity index (χ1) is 19.6. The zero-order valence-corrected chi connectivity index (χ0v) is 23.2. The molecule has 6 rings (SSSR count). The molecule has 0 aliphatic carbocycles. The third-order valence-corrected chi connectivity index (χ3v) is 8.82. The molecule has 208 valence electrons. The molecule has 8 nitrogen and oxygen atoms in total. The van der Waals surface area contributed by atoms with E-state index < -0.39 is 5.41 Å². The third-order valence-electron chi connectivity index (χ3n) is 8.82. The monoisotopic (exact) mass is 537 g/mol. The number of rotatable bonds is 5. The fraction of sp³-hybridized carbons (Fsp3) is 0.469. The van der Waals surface area contributed by atoms with Crippen LogP contribution in [0.3, 0.4) is 0 Å². The molecule has 4 heterocycles. The molecule has 0 unspecified atom stereocenters. The number of nitrogens with one attached hydrogen (secondary N) is 1. The Kier molecular flexibility index (Phi) is 7.58. The molecule has 0 saturated carbocycles. The summed E-state index contributed by atoms with van der Waals surface area (Å²) in [5.41, 5.74) is 4.42. The van der Waals surface area contributed by atoms with Gasteiger partial charge in [-0.2, -0.15) is 10.5 Å². The minimum absolute atomic E-state index is 0. The molecule has 3 aliphatic heterocycles. The van der Waals surface area contributed by atoms with E-state index in [1.54, 1.807) is 6.20 Å². The number of benzene rings is 2. The van der Waals surface area contributed by atoms with Crippen molar-refractivity contribution < 1.29 is 6.16 Å². The van der Waals surface area contributed by atoms with Gasteiger partial charge in [0.25, 0.3) is 0 Å². The van der Waals surface area contributed by atoms with Crippen molar-refractivity contribution in [3.63, 3.8) is 0 Å². The highest BCUT2D eigenvalue weighted by atomic mass is 16.5. The maximum Gasteiger partial charge on any atom is 0.101 e. The number of pyridine rings is 1. The van der Waals surface area contributed by atoms with Crippen LogP contribution in [0.1, 0.15) is 32.3 Å². The Morgan fingerprint density at radius 2 is 1.77 bits per heavy atom. The number of hydrogen-bond acceptors (Lipinski definition) is 8. The number of likely N-dealkylation sites (tertiary alicyclic amines) is 1. The zero-order valence-electron chi connectivity index (χ0n) is 23.2. The maximum atomic E-state index is 10.3. The van der Waals surface area contributed by atoms with Gasteiger partial charge in [0, 0.05) is 83.3 Å². The van der Waals surface area contributed by atoms with Crippen LogP contribution in [0, 0.1) is 22.7 Å². The molecule has 0 spiro atoms. The van der Waals surface area contributed by atoms with Crippen molar-refractivity contribution in [2.24, 2.45) is 0 Å². The van der Waals surface area contributed by atoms with E-state index in [-0.39, 0.29) is 13.6 Å². The Bertz CT molecular complexity index is 1420. The van der Waals surface area contributed by atoms with Crippen LogP contribution in [0.15, 0.2) is 54.7 Å². The average molecular weight is 538 g/mol. The van der Waals surface area contributed by atoms with Crippen molar-refractivity contribution in [1.29, 1.82) is 10.5 Å². The molecule has 3 aromatic rings. The second-order valence-electron chi connectivity index (χ2n) is 11.4. The molecule has 0 amide bonds. The van der Waals surface area contributed by atoms with Gasteiger partial charge in [0.15, 0.2) is 0 Å². The Hall–Kier alpha value is -3.69. The standard InChI is InChI=1S/C32H37N7O.H2/c1-24-20-39(30-9-4-25(19-33)31-29(30)3-2-12-36-31)22-28(40-24)21-37-15-10-32(23-34,11-16-37)26-5-7-27(8-6-26)38-17-13-35-14-18-38;/h2-9,12,24,28,35H,10-11,13-18,20-22H2,1H3;1H/t24-,28+;/m1./s1. The Balaban J connectivity index is 0.00000337. The summed E-state index contributed by atoms with van der Waals surface area (Å²) in [5.74, 6) is 0. The van der Waals surface area contributed by atoms with Gasteiger partial charge in [-0.1, -0.05) is 12.1 Å². The number of ether oxygens (including phenoxy) is 1. The fourth-order valence-corrected chi connectivity index (χ4v) is 6.65. The molecule has 2 atom stereocenters. The maximum absolute atomic E-state index is 10.3. The Morgan fingerprint density at radius 3 is 2.50 bits per heavy atom. The molecule has 1 aromatic heterocycles. The van der Waals surface area contributed by atoms with Gasteiger partial charge >= 0.3 is 0 Å². The van der Waals surface area contributed by atoms with E-state index in [2.05, 4.69) is 74.4 Å². The van der Waals surface area contributed by atoms with Crippen molar-refractivity contribution in [3.05, 3.63) is 65.9 Å². The molecule has 1 N–H and O–H groups in total. The van der Waals surface area contributed by atoms with E-state index >= 15 is 0 Å². The lowest BCUT2D eigenvalue weighted by atomic mass is 9.74. The molecule has 3 aliphatic rings. The van der Waals surface area contributed by atoms with Crippen molar-refractivity contribution in [1.82, 2.24) is 15.2 Å². The molecule has 3 fully saturated rings. The van der Waals surface area contributed by atoms with E-state index in [1.165, 1.54) is 5.69 Å². The summed E-state index contributed by atoms with van der Waals surface area (Å²) in [6.07, 6.45) is 3.57.